The molecule has 0 aliphatic carbocycles. The number of amides is 1. The molecule has 1 amide bonds. The molecular formula is C16H15N5OS2. The Kier molecular flexibility index (Phi) is 4.68. The first kappa shape index (κ1) is 16.3. The van der Waals surface area contributed by atoms with Gasteiger partial charge in [0.1, 0.15) is 11.0 Å². The molecule has 0 unspecified atom stereocenters. The highest BCUT2D eigenvalue weighted by molar-refractivity contribution is 7.80. The molecule has 122 valence electrons. The fraction of sp³-hybridized carbons (Fsp3) is 0.125. The Bertz CT molecular complexity index is 889. The number of carbonyl (C=O) groups is 1. The second-order valence-corrected chi connectivity index (χ2v) is 6.25. The van der Waals surface area contributed by atoms with Crippen LogP contribution in [0.15, 0.2) is 42.5 Å². The molecule has 3 rings (SSSR count). The third kappa shape index (κ3) is 3.66. The molecule has 0 atom stereocenters. The lowest BCUT2D eigenvalue weighted by molar-refractivity contribution is 0.0978. The van der Waals surface area contributed by atoms with E-state index in [1.807, 2.05) is 43.3 Å². The molecule has 8 heteroatoms. The lowest BCUT2D eigenvalue weighted by atomic mass is 10.2. The van der Waals surface area contributed by atoms with Gasteiger partial charge in [-0.3, -0.25) is 10.1 Å². The molecule has 0 bridgehead atoms. The van der Waals surface area contributed by atoms with Gasteiger partial charge in [-0.1, -0.05) is 0 Å². The van der Waals surface area contributed by atoms with Gasteiger partial charge < -0.3 is 10.2 Å². The first-order chi connectivity index (χ1) is 11.5. The number of hydrogen-bond donors (Lipinski definition) is 2. The van der Waals surface area contributed by atoms with Crippen molar-refractivity contribution in [1.29, 1.82) is 0 Å². The van der Waals surface area contributed by atoms with E-state index in [9.17, 15) is 4.79 Å². The van der Waals surface area contributed by atoms with Crippen molar-refractivity contribution in [2.45, 2.75) is 0 Å². The van der Waals surface area contributed by atoms with Gasteiger partial charge in [0, 0.05) is 31.0 Å². The highest BCUT2D eigenvalue weighted by atomic mass is 32.1. The smallest absolute Gasteiger partial charge is 0.257 e. The predicted molar refractivity (Wildman–Crippen MR) is 102 cm³/mol. The molecule has 1 aromatic heterocycles. The first-order valence-electron chi connectivity index (χ1n) is 7.15. The second kappa shape index (κ2) is 6.90. The summed E-state index contributed by atoms with van der Waals surface area (Å²) in [4.78, 5) is 14.3. The topological polar surface area (TPSA) is 70.2 Å². The van der Waals surface area contributed by atoms with Crippen LogP contribution in [0, 0.1) is 0 Å². The van der Waals surface area contributed by atoms with Crippen molar-refractivity contribution < 1.29 is 4.79 Å². The summed E-state index contributed by atoms with van der Waals surface area (Å²) in [6.07, 6.45) is 0. The summed E-state index contributed by atoms with van der Waals surface area (Å²) < 4.78 is 8.24. The lowest BCUT2D eigenvalue weighted by Gasteiger charge is -2.14. The summed E-state index contributed by atoms with van der Waals surface area (Å²) >= 11 is 6.32. The number of aromatic nitrogens is 2. The van der Waals surface area contributed by atoms with Crippen LogP contribution < -0.4 is 15.5 Å². The third-order valence-corrected chi connectivity index (χ3v) is 4.15. The molecule has 1 heterocycles. The van der Waals surface area contributed by atoms with Crippen LogP contribution in [-0.4, -0.2) is 33.9 Å². The molecule has 6 nitrogen and oxygen atoms in total. The van der Waals surface area contributed by atoms with E-state index in [2.05, 4.69) is 19.4 Å². The average Bonchev–Trinajstić information content (AvgIpc) is 3.02. The van der Waals surface area contributed by atoms with E-state index in [0.717, 1.165) is 28.6 Å². The summed E-state index contributed by atoms with van der Waals surface area (Å²) in [7, 11) is 3.95. The lowest BCUT2D eigenvalue weighted by Crippen LogP contribution is -2.34. The van der Waals surface area contributed by atoms with Crippen LogP contribution in [0.1, 0.15) is 10.4 Å². The number of nitrogens with one attached hydrogen (secondary N) is 2. The summed E-state index contributed by atoms with van der Waals surface area (Å²) in [6, 6.07) is 12.9. The maximum Gasteiger partial charge on any atom is 0.257 e. The van der Waals surface area contributed by atoms with Gasteiger partial charge in [0.05, 0.1) is 11.7 Å². The van der Waals surface area contributed by atoms with E-state index in [0.29, 0.717) is 11.1 Å². The fourth-order valence-corrected chi connectivity index (χ4v) is 2.83. The molecule has 0 aliphatic heterocycles. The van der Waals surface area contributed by atoms with Gasteiger partial charge >= 0.3 is 0 Å². The van der Waals surface area contributed by atoms with Gasteiger partial charge in [0.15, 0.2) is 5.11 Å². The van der Waals surface area contributed by atoms with Crippen molar-refractivity contribution in [1.82, 2.24) is 14.1 Å². The minimum atomic E-state index is -0.285. The largest absolute Gasteiger partial charge is 0.378 e. The van der Waals surface area contributed by atoms with Crippen LogP contribution in [-0.2, 0) is 0 Å². The number of benzene rings is 2. The van der Waals surface area contributed by atoms with Crippen LogP contribution in [0.5, 0.6) is 0 Å². The Morgan fingerprint density at radius 3 is 2.50 bits per heavy atom. The molecule has 0 saturated carbocycles. The SMILES string of the molecule is CN(C)c1ccc(NC(=S)NC(=O)c2ccc3nsnc3c2)cc1. The maximum atomic E-state index is 12.3. The van der Waals surface area contributed by atoms with Crippen molar-refractivity contribution in [2.75, 3.05) is 24.3 Å². The van der Waals surface area contributed by atoms with Crippen LogP contribution >= 0.6 is 23.9 Å². The summed E-state index contributed by atoms with van der Waals surface area (Å²) in [5.41, 5.74) is 3.86. The predicted octanol–water partition coefficient (Wildman–Crippen LogP) is 2.88. The minimum Gasteiger partial charge on any atom is -0.378 e. The minimum absolute atomic E-state index is 0.245. The normalized spacial score (nSPS) is 10.4. The second-order valence-electron chi connectivity index (χ2n) is 5.32. The Morgan fingerprint density at radius 1 is 1.08 bits per heavy atom. The molecule has 24 heavy (non-hydrogen) atoms. The maximum absolute atomic E-state index is 12.3. The van der Waals surface area contributed by atoms with Crippen molar-refractivity contribution in [3.8, 4) is 0 Å². The quantitative estimate of drug-likeness (QED) is 0.703. The first-order valence-corrected chi connectivity index (χ1v) is 8.29. The van der Waals surface area contributed by atoms with Gasteiger partial charge in [-0.2, -0.15) is 8.75 Å². The van der Waals surface area contributed by atoms with Gasteiger partial charge in [-0.15, -0.1) is 0 Å². The zero-order valence-corrected chi connectivity index (χ0v) is 14.7. The zero-order chi connectivity index (χ0) is 17.1. The number of thiocarbonyl (C=S) groups is 1. The summed E-state index contributed by atoms with van der Waals surface area (Å²) in [5, 5.41) is 5.91. The van der Waals surface area contributed by atoms with Crippen molar-refractivity contribution in [3.05, 3.63) is 48.0 Å². The Morgan fingerprint density at radius 2 is 1.79 bits per heavy atom. The number of hydrogen-bond acceptors (Lipinski definition) is 6. The molecule has 2 N–H and O–H groups in total. The molecule has 0 fully saturated rings. The Balaban J connectivity index is 1.64. The molecule has 0 saturated heterocycles. The fourth-order valence-electron chi connectivity index (χ4n) is 2.10. The standard InChI is InChI=1S/C16H15N5OS2/c1-21(2)12-6-4-11(5-7-12)17-16(23)18-15(22)10-3-8-13-14(9-10)20-24-19-13/h3-9H,1-2H3,(H2,17,18,22,23). The van der Waals surface area contributed by atoms with Gasteiger partial charge in [0.2, 0.25) is 0 Å². The Labute approximate surface area is 148 Å². The number of fused-ring (bicyclic) bond motifs is 1. The van der Waals surface area contributed by atoms with Crippen molar-refractivity contribution in [2.24, 2.45) is 0 Å². The highest BCUT2D eigenvalue weighted by Crippen LogP contribution is 2.16. The van der Waals surface area contributed by atoms with Crippen LogP contribution in [0.25, 0.3) is 11.0 Å². The Hall–Kier alpha value is -2.58. The van der Waals surface area contributed by atoms with Crippen LogP contribution in [0.3, 0.4) is 0 Å². The molecule has 0 spiro atoms. The van der Waals surface area contributed by atoms with Crippen molar-refractivity contribution >= 4 is 57.4 Å². The zero-order valence-electron chi connectivity index (χ0n) is 13.1. The van der Waals surface area contributed by atoms with Crippen LogP contribution in [0.2, 0.25) is 0 Å². The average molecular weight is 357 g/mol. The van der Waals surface area contributed by atoms with Gasteiger partial charge in [-0.05, 0) is 54.7 Å². The van der Waals surface area contributed by atoms with E-state index in [1.54, 1.807) is 18.2 Å². The molecule has 0 aliphatic rings. The third-order valence-electron chi connectivity index (χ3n) is 3.38. The number of anilines is 2. The number of nitrogens with zero attached hydrogens (tertiary/aromatic N) is 3. The van der Waals surface area contributed by atoms with Crippen LogP contribution in [0.4, 0.5) is 11.4 Å². The van der Waals surface area contributed by atoms with Gasteiger partial charge in [0.25, 0.3) is 5.91 Å². The van der Waals surface area contributed by atoms with E-state index in [4.69, 9.17) is 12.2 Å². The van der Waals surface area contributed by atoms with Gasteiger partial charge in [-0.25, -0.2) is 0 Å². The molecule has 2 aromatic carbocycles. The van der Waals surface area contributed by atoms with E-state index in [1.165, 1.54) is 0 Å². The van der Waals surface area contributed by atoms with Crippen molar-refractivity contribution in [3.63, 3.8) is 0 Å². The van der Waals surface area contributed by atoms with E-state index in [-0.39, 0.29) is 11.0 Å². The molecule has 0 radical (unpaired) electrons. The summed E-state index contributed by atoms with van der Waals surface area (Å²) in [5.74, 6) is -0.285. The molecule has 3 aromatic rings. The number of rotatable bonds is 3. The highest BCUT2D eigenvalue weighted by Gasteiger charge is 2.10. The number of carbonyl (C=O) groups excluding carboxylic acids is 1. The van der Waals surface area contributed by atoms with E-state index < -0.39 is 0 Å². The summed E-state index contributed by atoms with van der Waals surface area (Å²) in [6.45, 7) is 0. The molecular weight excluding hydrogens is 342 g/mol. The monoisotopic (exact) mass is 357 g/mol. The van der Waals surface area contributed by atoms with E-state index >= 15 is 0 Å².